The van der Waals surface area contributed by atoms with Gasteiger partial charge in [0.15, 0.2) is 0 Å². The van der Waals surface area contributed by atoms with E-state index >= 15 is 0 Å². The Morgan fingerprint density at radius 3 is 2.63 bits per heavy atom. The number of carbonyl (C=O) groups excluding carboxylic acids is 2. The molecule has 1 fully saturated rings. The van der Waals surface area contributed by atoms with E-state index in [1.54, 1.807) is 13.0 Å². The number of aryl methyl sites for hydroxylation is 1. The predicted octanol–water partition coefficient (Wildman–Crippen LogP) is 3.53. The third-order valence-corrected chi connectivity index (χ3v) is 8.29. The van der Waals surface area contributed by atoms with E-state index in [-0.39, 0.29) is 35.0 Å². The summed E-state index contributed by atoms with van der Waals surface area (Å²) in [4.78, 5) is 27.9. The van der Waals surface area contributed by atoms with Crippen LogP contribution in [0.2, 0.25) is 0 Å². The van der Waals surface area contributed by atoms with Crippen molar-refractivity contribution in [3.05, 3.63) is 64.7 Å². The van der Waals surface area contributed by atoms with Crippen LogP contribution >= 0.6 is 0 Å². The zero-order valence-electron chi connectivity index (χ0n) is 16.9. The van der Waals surface area contributed by atoms with Gasteiger partial charge in [0.2, 0.25) is 0 Å². The Kier molecular flexibility index (Phi) is 4.47. The molecule has 0 aromatic heterocycles. The van der Waals surface area contributed by atoms with Crippen LogP contribution in [0.4, 0.5) is 0 Å². The highest BCUT2D eigenvalue weighted by Crippen LogP contribution is 2.42. The van der Waals surface area contributed by atoms with Gasteiger partial charge in [-0.15, -0.1) is 0 Å². The molecule has 2 aromatic carbocycles. The molecule has 2 aliphatic carbocycles. The number of carbonyl (C=O) groups is 2. The first-order valence-electron chi connectivity index (χ1n) is 10.5. The van der Waals surface area contributed by atoms with Crippen molar-refractivity contribution in [3.8, 4) is 0 Å². The second-order valence-corrected chi connectivity index (χ2v) is 10.1. The van der Waals surface area contributed by atoms with Gasteiger partial charge in [-0.2, -0.15) is 0 Å². The van der Waals surface area contributed by atoms with Crippen LogP contribution in [-0.4, -0.2) is 42.0 Å². The Balaban J connectivity index is 1.54. The van der Waals surface area contributed by atoms with E-state index in [9.17, 15) is 18.0 Å². The second kappa shape index (κ2) is 6.94. The molecule has 3 aliphatic rings. The molecular formula is C23H24N2O4S. The molecule has 0 bridgehead atoms. The largest absolute Gasteiger partial charge is 0.329 e. The number of hydrogen-bond acceptors (Lipinski definition) is 4. The Morgan fingerprint density at radius 1 is 1.13 bits per heavy atom. The van der Waals surface area contributed by atoms with Gasteiger partial charge in [-0.1, -0.05) is 24.3 Å². The van der Waals surface area contributed by atoms with Gasteiger partial charge in [0.1, 0.15) is 4.90 Å². The molecule has 7 heteroatoms. The van der Waals surface area contributed by atoms with E-state index in [4.69, 9.17) is 0 Å². The lowest BCUT2D eigenvalue weighted by molar-refractivity contribution is 0.0637. The summed E-state index contributed by atoms with van der Waals surface area (Å²) < 4.78 is 26.4. The van der Waals surface area contributed by atoms with Crippen molar-refractivity contribution < 1.29 is 18.0 Å². The molecule has 156 valence electrons. The van der Waals surface area contributed by atoms with Crippen molar-refractivity contribution in [2.75, 3.05) is 6.54 Å². The van der Waals surface area contributed by atoms with E-state index in [1.807, 2.05) is 17.0 Å². The lowest BCUT2D eigenvalue weighted by Gasteiger charge is -2.36. The van der Waals surface area contributed by atoms with Crippen LogP contribution in [0, 0.1) is 0 Å². The van der Waals surface area contributed by atoms with Crippen molar-refractivity contribution in [3.63, 3.8) is 0 Å². The summed E-state index contributed by atoms with van der Waals surface area (Å²) in [6.07, 6.45) is 4.89. The number of sulfonamides is 1. The highest BCUT2D eigenvalue weighted by molar-refractivity contribution is 7.90. The standard InChI is InChI=1S/C23H24N2O4S/c1-2-24-23(27)19-13-10-16(14-21(19)30(24,28)29)22(26)25(17-11-12-17)20-9-5-7-15-6-3-4-8-18(15)20/h3-4,6,8,10,13-14,17,20H,2,5,7,9,11-12H2,1H3. The van der Waals surface area contributed by atoms with Crippen molar-refractivity contribution in [1.82, 2.24) is 9.21 Å². The molecule has 5 rings (SSSR count). The summed E-state index contributed by atoms with van der Waals surface area (Å²) >= 11 is 0. The van der Waals surface area contributed by atoms with Gasteiger partial charge in [-0.05, 0) is 68.4 Å². The smallest absolute Gasteiger partial charge is 0.268 e. The minimum atomic E-state index is -3.89. The fourth-order valence-corrected chi connectivity index (χ4v) is 6.41. The summed E-state index contributed by atoms with van der Waals surface area (Å²) in [5.41, 5.74) is 2.96. The lowest BCUT2D eigenvalue weighted by Crippen LogP contribution is -2.38. The predicted molar refractivity (Wildman–Crippen MR) is 112 cm³/mol. The quantitative estimate of drug-likeness (QED) is 0.753. The number of benzene rings is 2. The Hall–Kier alpha value is -2.67. The van der Waals surface area contributed by atoms with E-state index in [1.165, 1.54) is 23.3 Å². The summed E-state index contributed by atoms with van der Waals surface area (Å²) in [7, 11) is -3.89. The van der Waals surface area contributed by atoms with Crippen LogP contribution in [0.1, 0.15) is 70.5 Å². The molecule has 30 heavy (non-hydrogen) atoms. The number of rotatable bonds is 4. The van der Waals surface area contributed by atoms with Crippen LogP contribution in [0.3, 0.4) is 0 Å². The molecule has 0 radical (unpaired) electrons. The van der Waals surface area contributed by atoms with Gasteiger partial charge in [0, 0.05) is 18.2 Å². The van der Waals surface area contributed by atoms with Gasteiger partial charge in [0.05, 0.1) is 11.6 Å². The minimum Gasteiger partial charge on any atom is -0.329 e. The highest BCUT2D eigenvalue weighted by Gasteiger charge is 2.43. The Bertz CT molecular complexity index is 1150. The molecule has 2 aromatic rings. The van der Waals surface area contributed by atoms with Gasteiger partial charge in [-0.3, -0.25) is 9.59 Å². The molecule has 0 saturated heterocycles. The van der Waals surface area contributed by atoms with Crippen LogP contribution in [-0.2, 0) is 16.4 Å². The zero-order chi connectivity index (χ0) is 21.0. The third-order valence-electron chi connectivity index (χ3n) is 6.39. The first-order valence-corrected chi connectivity index (χ1v) is 12.0. The number of nitrogens with zero attached hydrogens (tertiary/aromatic N) is 2. The van der Waals surface area contributed by atoms with E-state index in [2.05, 4.69) is 12.1 Å². The molecule has 1 unspecified atom stereocenters. The van der Waals surface area contributed by atoms with Crippen molar-refractivity contribution >= 4 is 21.8 Å². The Morgan fingerprint density at radius 2 is 1.90 bits per heavy atom. The van der Waals surface area contributed by atoms with E-state index in [0.29, 0.717) is 5.56 Å². The summed E-state index contributed by atoms with van der Waals surface area (Å²) in [6.45, 7) is 1.70. The molecular weight excluding hydrogens is 400 g/mol. The molecule has 1 atom stereocenters. The van der Waals surface area contributed by atoms with Crippen LogP contribution in [0.5, 0.6) is 0 Å². The van der Waals surface area contributed by atoms with Crippen LogP contribution < -0.4 is 0 Å². The van der Waals surface area contributed by atoms with Gasteiger partial charge in [-0.25, -0.2) is 12.7 Å². The van der Waals surface area contributed by atoms with Crippen molar-refractivity contribution in [2.45, 2.75) is 56.0 Å². The topological polar surface area (TPSA) is 74.8 Å². The lowest BCUT2D eigenvalue weighted by atomic mass is 9.86. The first kappa shape index (κ1) is 19.3. The number of amides is 2. The van der Waals surface area contributed by atoms with Crippen molar-refractivity contribution in [1.29, 1.82) is 0 Å². The highest BCUT2D eigenvalue weighted by atomic mass is 32.2. The molecule has 1 aliphatic heterocycles. The monoisotopic (exact) mass is 424 g/mol. The fourth-order valence-electron chi connectivity index (χ4n) is 4.80. The molecule has 1 heterocycles. The van der Waals surface area contributed by atoms with Crippen LogP contribution in [0.25, 0.3) is 0 Å². The van der Waals surface area contributed by atoms with Gasteiger partial charge in [0.25, 0.3) is 21.8 Å². The van der Waals surface area contributed by atoms with Gasteiger partial charge >= 0.3 is 0 Å². The van der Waals surface area contributed by atoms with Gasteiger partial charge < -0.3 is 4.90 Å². The van der Waals surface area contributed by atoms with E-state index < -0.39 is 15.9 Å². The average molecular weight is 425 g/mol. The second-order valence-electron chi connectivity index (χ2n) is 8.24. The maximum absolute atomic E-state index is 13.6. The normalized spacial score (nSPS) is 21.8. The Labute approximate surface area is 176 Å². The van der Waals surface area contributed by atoms with Crippen LogP contribution in [0.15, 0.2) is 47.4 Å². The maximum atomic E-state index is 13.6. The first-order chi connectivity index (χ1) is 14.4. The fraction of sp³-hybridized carbons (Fsp3) is 0.391. The zero-order valence-corrected chi connectivity index (χ0v) is 17.7. The average Bonchev–Trinajstić information content (AvgIpc) is 3.56. The summed E-state index contributed by atoms with van der Waals surface area (Å²) in [6, 6.07) is 12.9. The summed E-state index contributed by atoms with van der Waals surface area (Å²) in [5, 5.41) is 0. The maximum Gasteiger partial charge on any atom is 0.268 e. The molecule has 1 saturated carbocycles. The van der Waals surface area contributed by atoms with E-state index in [0.717, 1.165) is 36.4 Å². The molecule has 6 nitrogen and oxygen atoms in total. The third kappa shape index (κ3) is 2.87. The molecule has 0 N–H and O–H groups in total. The SMILES string of the molecule is CCN1C(=O)c2ccc(C(=O)N(C3CC3)C3CCCc4ccccc43)cc2S1(=O)=O. The number of fused-ring (bicyclic) bond motifs is 2. The van der Waals surface area contributed by atoms with Crippen molar-refractivity contribution in [2.24, 2.45) is 0 Å². The minimum absolute atomic E-state index is 0.00795. The number of hydrogen-bond donors (Lipinski definition) is 0. The molecule has 0 spiro atoms. The molecule has 2 amide bonds. The summed E-state index contributed by atoms with van der Waals surface area (Å²) in [5.74, 6) is -0.675.